The van der Waals surface area contributed by atoms with Crippen LogP contribution in [0.4, 0.5) is 5.69 Å². The molecular formula is C15H18N2O6. The van der Waals surface area contributed by atoms with E-state index in [1.807, 2.05) is 13.8 Å². The lowest BCUT2D eigenvalue weighted by Gasteiger charge is -2.35. The molecule has 0 bridgehead atoms. The summed E-state index contributed by atoms with van der Waals surface area (Å²) in [4.78, 5) is 35.5. The molecule has 0 spiro atoms. The van der Waals surface area contributed by atoms with Crippen LogP contribution in [-0.2, 0) is 14.3 Å². The first-order chi connectivity index (χ1) is 10.9. The molecule has 1 saturated heterocycles. The monoisotopic (exact) mass is 322 g/mol. The molecule has 0 aliphatic carbocycles. The topological polar surface area (TPSA) is 99.0 Å². The number of carbonyl (C=O) groups is 2. The van der Waals surface area contributed by atoms with Crippen LogP contribution < -0.4 is 0 Å². The maximum Gasteiger partial charge on any atom is 0.338 e. The molecule has 0 saturated carbocycles. The number of nitrogens with zero attached hydrogens (tertiary/aromatic N) is 2. The smallest absolute Gasteiger partial charge is 0.338 e. The molecule has 1 heterocycles. The zero-order valence-corrected chi connectivity index (χ0v) is 12.9. The summed E-state index contributed by atoms with van der Waals surface area (Å²) in [6.45, 7) is 4.30. The predicted molar refractivity (Wildman–Crippen MR) is 80.0 cm³/mol. The maximum atomic E-state index is 12.1. The molecular weight excluding hydrogens is 304 g/mol. The Morgan fingerprint density at radius 2 is 1.83 bits per heavy atom. The summed E-state index contributed by atoms with van der Waals surface area (Å²) in [5.74, 6) is -0.982. The fourth-order valence-electron chi connectivity index (χ4n) is 2.40. The summed E-state index contributed by atoms with van der Waals surface area (Å²) in [5, 5.41) is 10.6. The van der Waals surface area contributed by atoms with E-state index in [9.17, 15) is 19.7 Å². The second kappa shape index (κ2) is 7.19. The van der Waals surface area contributed by atoms with Gasteiger partial charge in [-0.1, -0.05) is 0 Å². The van der Waals surface area contributed by atoms with Crippen molar-refractivity contribution in [3.05, 3.63) is 39.9 Å². The highest BCUT2D eigenvalue weighted by molar-refractivity contribution is 5.91. The van der Waals surface area contributed by atoms with E-state index in [0.717, 1.165) is 0 Å². The molecule has 124 valence electrons. The summed E-state index contributed by atoms with van der Waals surface area (Å²) >= 11 is 0. The van der Waals surface area contributed by atoms with Gasteiger partial charge in [0, 0.05) is 25.2 Å². The minimum atomic E-state index is -0.692. The standard InChI is InChI=1S/C15H18N2O6/c1-10-7-16(8-11(2)23-10)14(18)9-22-15(19)12-3-5-13(6-4-12)17(20)21/h3-6,10-11H,7-9H2,1-2H3/t10-,11-/m1/s1. The second-order valence-corrected chi connectivity index (χ2v) is 5.44. The second-order valence-electron chi connectivity index (χ2n) is 5.44. The summed E-state index contributed by atoms with van der Waals surface area (Å²) < 4.78 is 10.5. The van der Waals surface area contributed by atoms with Crippen molar-refractivity contribution >= 4 is 17.6 Å². The number of ether oxygens (including phenoxy) is 2. The number of hydrogen-bond donors (Lipinski definition) is 0. The van der Waals surface area contributed by atoms with Crippen molar-refractivity contribution in [3.63, 3.8) is 0 Å². The Labute approximate surface area is 133 Å². The zero-order valence-electron chi connectivity index (χ0n) is 12.9. The maximum absolute atomic E-state index is 12.1. The summed E-state index contributed by atoms with van der Waals surface area (Å²) in [6.07, 6.45) is -0.124. The molecule has 1 aromatic rings. The van der Waals surface area contributed by atoms with E-state index < -0.39 is 10.9 Å². The number of carbonyl (C=O) groups excluding carboxylic acids is 2. The number of hydrogen-bond acceptors (Lipinski definition) is 6. The molecule has 1 aliphatic heterocycles. The van der Waals surface area contributed by atoms with Gasteiger partial charge in [-0.25, -0.2) is 4.79 Å². The Balaban J connectivity index is 1.88. The first kappa shape index (κ1) is 16.9. The Morgan fingerprint density at radius 3 is 2.35 bits per heavy atom. The molecule has 2 atom stereocenters. The minimum absolute atomic E-state index is 0.0620. The molecule has 8 nitrogen and oxygen atoms in total. The van der Waals surface area contributed by atoms with Crippen LogP contribution in [0.25, 0.3) is 0 Å². The molecule has 1 aliphatic rings. The molecule has 0 N–H and O–H groups in total. The lowest BCUT2D eigenvalue weighted by atomic mass is 10.2. The number of amides is 1. The third-order valence-electron chi connectivity index (χ3n) is 3.41. The fraction of sp³-hybridized carbons (Fsp3) is 0.467. The van der Waals surface area contributed by atoms with Gasteiger partial charge < -0.3 is 14.4 Å². The van der Waals surface area contributed by atoms with Gasteiger partial charge in [-0.3, -0.25) is 14.9 Å². The van der Waals surface area contributed by atoms with E-state index in [1.54, 1.807) is 4.90 Å². The van der Waals surface area contributed by atoms with Crippen LogP contribution >= 0.6 is 0 Å². The van der Waals surface area contributed by atoms with Crippen molar-refractivity contribution in [2.75, 3.05) is 19.7 Å². The van der Waals surface area contributed by atoms with Gasteiger partial charge in [0.25, 0.3) is 11.6 Å². The summed E-state index contributed by atoms with van der Waals surface area (Å²) in [7, 11) is 0. The van der Waals surface area contributed by atoms with Gasteiger partial charge in [0.05, 0.1) is 22.7 Å². The van der Waals surface area contributed by atoms with Crippen molar-refractivity contribution < 1.29 is 24.0 Å². The van der Waals surface area contributed by atoms with Crippen molar-refractivity contribution in [2.45, 2.75) is 26.1 Å². The number of nitro groups is 1. The van der Waals surface area contributed by atoms with Gasteiger partial charge in [-0.15, -0.1) is 0 Å². The van der Waals surface area contributed by atoms with Crippen molar-refractivity contribution in [1.29, 1.82) is 0 Å². The number of nitro benzene ring substituents is 1. The van der Waals surface area contributed by atoms with Crippen LogP contribution in [0.15, 0.2) is 24.3 Å². The number of rotatable bonds is 4. The number of morpholine rings is 1. The van der Waals surface area contributed by atoms with Gasteiger partial charge in [0.1, 0.15) is 0 Å². The van der Waals surface area contributed by atoms with Crippen LogP contribution in [0.1, 0.15) is 24.2 Å². The molecule has 8 heteroatoms. The fourth-order valence-corrected chi connectivity index (χ4v) is 2.40. The third kappa shape index (κ3) is 4.49. The minimum Gasteiger partial charge on any atom is -0.452 e. The van der Waals surface area contributed by atoms with Crippen LogP contribution in [0.2, 0.25) is 0 Å². The number of benzene rings is 1. The molecule has 1 fully saturated rings. The highest BCUT2D eigenvalue weighted by Crippen LogP contribution is 2.13. The van der Waals surface area contributed by atoms with E-state index in [4.69, 9.17) is 9.47 Å². The van der Waals surface area contributed by atoms with Crippen LogP contribution in [0.3, 0.4) is 0 Å². The first-order valence-electron chi connectivity index (χ1n) is 7.21. The Bertz CT molecular complexity index is 590. The Morgan fingerprint density at radius 1 is 1.26 bits per heavy atom. The number of non-ortho nitro benzene ring substituents is 1. The highest BCUT2D eigenvalue weighted by atomic mass is 16.6. The average Bonchev–Trinajstić information content (AvgIpc) is 2.51. The van der Waals surface area contributed by atoms with Crippen molar-refractivity contribution in [3.8, 4) is 0 Å². The van der Waals surface area contributed by atoms with E-state index >= 15 is 0 Å². The summed E-state index contributed by atoms with van der Waals surface area (Å²) in [6, 6.07) is 5.02. The average molecular weight is 322 g/mol. The lowest BCUT2D eigenvalue weighted by Crippen LogP contribution is -2.49. The summed E-state index contributed by atoms with van der Waals surface area (Å²) in [5.41, 5.74) is 0.0426. The van der Waals surface area contributed by atoms with E-state index in [1.165, 1.54) is 24.3 Å². The molecule has 1 amide bonds. The van der Waals surface area contributed by atoms with E-state index in [0.29, 0.717) is 13.1 Å². The van der Waals surface area contributed by atoms with Gasteiger partial charge in [-0.05, 0) is 26.0 Å². The van der Waals surface area contributed by atoms with Gasteiger partial charge in [-0.2, -0.15) is 0 Å². The Kier molecular flexibility index (Phi) is 5.28. The quantitative estimate of drug-likeness (QED) is 0.472. The van der Waals surface area contributed by atoms with Gasteiger partial charge >= 0.3 is 5.97 Å². The molecule has 0 aromatic heterocycles. The van der Waals surface area contributed by atoms with Crippen LogP contribution in [0.5, 0.6) is 0 Å². The highest BCUT2D eigenvalue weighted by Gasteiger charge is 2.26. The van der Waals surface area contributed by atoms with Crippen LogP contribution in [-0.4, -0.2) is 53.6 Å². The van der Waals surface area contributed by atoms with Gasteiger partial charge in [0.2, 0.25) is 0 Å². The molecule has 2 rings (SSSR count). The van der Waals surface area contributed by atoms with Crippen molar-refractivity contribution in [2.24, 2.45) is 0 Å². The molecule has 1 aromatic carbocycles. The third-order valence-corrected chi connectivity index (χ3v) is 3.41. The SMILES string of the molecule is C[C@@H]1CN(C(=O)COC(=O)c2ccc([N+](=O)[O-])cc2)C[C@@H](C)O1. The molecule has 0 radical (unpaired) electrons. The van der Waals surface area contributed by atoms with E-state index in [-0.39, 0.29) is 36.0 Å². The zero-order chi connectivity index (χ0) is 17.0. The largest absolute Gasteiger partial charge is 0.452 e. The lowest BCUT2D eigenvalue weighted by molar-refractivity contribution is -0.384. The van der Waals surface area contributed by atoms with Crippen molar-refractivity contribution in [1.82, 2.24) is 4.90 Å². The van der Waals surface area contributed by atoms with E-state index in [2.05, 4.69) is 0 Å². The predicted octanol–water partition coefficient (Wildman–Crippen LogP) is 1.39. The molecule has 23 heavy (non-hydrogen) atoms. The van der Waals surface area contributed by atoms with Gasteiger partial charge in [0.15, 0.2) is 6.61 Å². The normalized spacial score (nSPS) is 20.9. The first-order valence-corrected chi connectivity index (χ1v) is 7.21. The Hall–Kier alpha value is -2.48. The number of esters is 1. The van der Waals surface area contributed by atoms with Crippen LogP contribution in [0, 0.1) is 10.1 Å². The molecule has 0 unspecified atom stereocenters.